The van der Waals surface area contributed by atoms with Gasteiger partial charge in [0.15, 0.2) is 0 Å². The van der Waals surface area contributed by atoms with Crippen molar-refractivity contribution in [3.63, 3.8) is 0 Å². The highest BCUT2D eigenvalue weighted by Gasteiger charge is 2.18. The van der Waals surface area contributed by atoms with Gasteiger partial charge in [-0.2, -0.15) is 10.2 Å². The van der Waals surface area contributed by atoms with E-state index in [9.17, 15) is 14.4 Å². The van der Waals surface area contributed by atoms with Crippen molar-refractivity contribution in [2.75, 3.05) is 13.1 Å². The second kappa shape index (κ2) is 6.89. The number of urea groups is 1. The molecule has 1 aromatic rings. The van der Waals surface area contributed by atoms with Crippen molar-refractivity contribution in [1.82, 2.24) is 20.4 Å². The number of rotatable bonds is 6. The molecule has 0 aromatic carbocycles. The molecule has 0 atom stereocenters. The highest BCUT2D eigenvalue weighted by Crippen LogP contribution is 1.94. The molecule has 0 aliphatic carbocycles. The van der Waals surface area contributed by atoms with Crippen LogP contribution in [-0.4, -0.2) is 51.2 Å². The lowest BCUT2D eigenvalue weighted by Gasteiger charge is -2.19. The molecular weight excluding hydrogens is 254 g/mol. The molecule has 0 unspecified atom stereocenters. The van der Waals surface area contributed by atoms with E-state index in [0.29, 0.717) is 5.69 Å². The van der Waals surface area contributed by atoms with E-state index in [2.05, 4.69) is 15.5 Å². The van der Waals surface area contributed by atoms with E-state index < -0.39 is 31.0 Å². The van der Waals surface area contributed by atoms with E-state index >= 15 is 0 Å². The summed E-state index contributed by atoms with van der Waals surface area (Å²) < 4.78 is 0. The molecule has 0 aliphatic heterocycles. The van der Waals surface area contributed by atoms with Crippen molar-refractivity contribution in [3.05, 3.63) is 24.0 Å². The largest absolute Gasteiger partial charge is 0.480 e. The summed E-state index contributed by atoms with van der Waals surface area (Å²) in [5.74, 6) is -2.04. The van der Waals surface area contributed by atoms with E-state index in [-0.39, 0.29) is 6.54 Å². The van der Waals surface area contributed by atoms with Crippen molar-refractivity contribution in [2.45, 2.75) is 6.54 Å². The van der Waals surface area contributed by atoms with Crippen LogP contribution in [0.1, 0.15) is 5.69 Å². The summed E-state index contributed by atoms with van der Waals surface area (Å²) in [6, 6.07) is 2.57. The Hall–Kier alpha value is -2.71. The molecule has 0 bridgehead atoms. The van der Waals surface area contributed by atoms with Crippen molar-refractivity contribution in [2.24, 2.45) is 5.73 Å². The molecule has 4 N–H and O–H groups in total. The van der Waals surface area contributed by atoms with Crippen LogP contribution >= 0.6 is 0 Å². The van der Waals surface area contributed by atoms with E-state index in [4.69, 9.17) is 10.8 Å². The number of carbonyl (C=O) groups excluding carboxylic acids is 2. The van der Waals surface area contributed by atoms with Gasteiger partial charge < -0.3 is 21.1 Å². The number of aromatic nitrogens is 2. The zero-order valence-electron chi connectivity index (χ0n) is 9.94. The summed E-state index contributed by atoms with van der Waals surface area (Å²) in [7, 11) is 0. The van der Waals surface area contributed by atoms with Gasteiger partial charge in [0.05, 0.1) is 12.2 Å². The topological polar surface area (TPSA) is 139 Å². The number of amides is 3. The number of nitrogens with two attached hydrogens (primary N) is 1. The fourth-order valence-corrected chi connectivity index (χ4v) is 1.26. The van der Waals surface area contributed by atoms with Gasteiger partial charge in [-0.1, -0.05) is 0 Å². The number of carbonyl (C=O) groups is 3. The first-order chi connectivity index (χ1) is 8.99. The van der Waals surface area contributed by atoms with E-state index in [1.54, 1.807) is 12.1 Å². The smallest absolute Gasteiger partial charge is 0.323 e. The highest BCUT2D eigenvalue weighted by atomic mass is 16.4. The number of primary amides is 1. The highest BCUT2D eigenvalue weighted by molar-refractivity contribution is 5.85. The first kappa shape index (κ1) is 14.4. The molecule has 3 amide bonds. The van der Waals surface area contributed by atoms with Gasteiger partial charge in [0.2, 0.25) is 5.91 Å². The van der Waals surface area contributed by atoms with Crippen LogP contribution in [-0.2, 0) is 16.1 Å². The van der Waals surface area contributed by atoms with Crippen molar-refractivity contribution < 1.29 is 19.5 Å². The van der Waals surface area contributed by atoms with Gasteiger partial charge in [0.1, 0.15) is 13.1 Å². The summed E-state index contributed by atoms with van der Waals surface area (Å²) in [5.41, 5.74) is 5.44. The van der Waals surface area contributed by atoms with Gasteiger partial charge in [-0.25, -0.2) is 4.79 Å². The van der Waals surface area contributed by atoms with Crippen LogP contribution in [0.15, 0.2) is 18.3 Å². The standard InChI is InChI=1S/C10H13N5O4/c11-8(16)5-15(6-9(17)18)10(19)12-4-7-2-1-3-13-14-7/h1-3H,4-6H2,(H2,11,16)(H,12,19)(H,17,18). The number of nitrogens with zero attached hydrogens (tertiary/aromatic N) is 3. The zero-order chi connectivity index (χ0) is 14.3. The van der Waals surface area contributed by atoms with Crippen molar-refractivity contribution in [1.29, 1.82) is 0 Å². The Bertz CT molecular complexity index is 448. The normalized spacial score (nSPS) is 9.68. The van der Waals surface area contributed by atoms with Gasteiger partial charge >= 0.3 is 12.0 Å². The summed E-state index contributed by atoms with van der Waals surface area (Å²) in [6.45, 7) is -1.02. The van der Waals surface area contributed by atoms with E-state index in [1.165, 1.54) is 6.20 Å². The Morgan fingerprint density at radius 1 is 1.37 bits per heavy atom. The molecule has 0 radical (unpaired) electrons. The lowest BCUT2D eigenvalue weighted by molar-refractivity contribution is -0.137. The zero-order valence-corrected chi connectivity index (χ0v) is 9.94. The van der Waals surface area contributed by atoms with E-state index in [0.717, 1.165) is 4.90 Å². The second-order valence-electron chi connectivity index (χ2n) is 3.59. The summed E-state index contributed by atoms with van der Waals surface area (Å²) in [5, 5.41) is 18.4. The molecule has 0 spiro atoms. The van der Waals surface area contributed by atoms with Gasteiger partial charge in [-0.15, -0.1) is 0 Å². The van der Waals surface area contributed by atoms with Crippen LogP contribution in [0.2, 0.25) is 0 Å². The molecule has 0 aliphatic rings. The van der Waals surface area contributed by atoms with Crippen LogP contribution in [0.25, 0.3) is 0 Å². The number of hydrogen-bond acceptors (Lipinski definition) is 5. The first-order valence-corrected chi connectivity index (χ1v) is 5.28. The first-order valence-electron chi connectivity index (χ1n) is 5.28. The molecule has 9 heteroatoms. The van der Waals surface area contributed by atoms with Crippen LogP contribution in [0.4, 0.5) is 4.79 Å². The number of nitrogens with one attached hydrogen (secondary N) is 1. The Morgan fingerprint density at radius 2 is 2.11 bits per heavy atom. The molecule has 1 heterocycles. The van der Waals surface area contributed by atoms with E-state index in [1.807, 2.05) is 0 Å². The van der Waals surface area contributed by atoms with Gasteiger partial charge in [0.25, 0.3) is 0 Å². The molecule has 0 fully saturated rings. The predicted octanol–water partition coefficient (Wildman–Crippen LogP) is -1.44. The van der Waals surface area contributed by atoms with Crippen LogP contribution in [0, 0.1) is 0 Å². The van der Waals surface area contributed by atoms with Crippen molar-refractivity contribution in [3.8, 4) is 0 Å². The number of hydrogen-bond donors (Lipinski definition) is 3. The minimum absolute atomic E-state index is 0.0710. The SMILES string of the molecule is NC(=O)CN(CC(=O)O)C(=O)NCc1cccnn1. The fourth-order valence-electron chi connectivity index (χ4n) is 1.26. The van der Waals surface area contributed by atoms with Crippen LogP contribution < -0.4 is 11.1 Å². The summed E-state index contributed by atoms with van der Waals surface area (Å²) in [6.07, 6.45) is 1.48. The Morgan fingerprint density at radius 3 is 2.63 bits per heavy atom. The third-order valence-electron chi connectivity index (χ3n) is 2.01. The lowest BCUT2D eigenvalue weighted by Crippen LogP contribution is -2.46. The number of aliphatic carboxylic acids is 1. The maximum absolute atomic E-state index is 11.7. The minimum Gasteiger partial charge on any atom is -0.480 e. The predicted molar refractivity (Wildman–Crippen MR) is 62.7 cm³/mol. The maximum atomic E-state index is 11.7. The summed E-state index contributed by atoms with van der Waals surface area (Å²) in [4.78, 5) is 33.8. The molecule has 9 nitrogen and oxygen atoms in total. The Balaban J connectivity index is 2.56. The average molecular weight is 267 g/mol. The quantitative estimate of drug-likeness (QED) is 0.576. The third kappa shape index (κ3) is 5.44. The number of carboxylic acid groups (broad SMARTS) is 1. The fraction of sp³-hybridized carbons (Fsp3) is 0.300. The number of carboxylic acids is 1. The monoisotopic (exact) mass is 267 g/mol. The van der Waals surface area contributed by atoms with Crippen LogP contribution in [0.3, 0.4) is 0 Å². The minimum atomic E-state index is -1.24. The Kier molecular flexibility index (Phi) is 5.20. The molecule has 19 heavy (non-hydrogen) atoms. The van der Waals surface area contributed by atoms with Gasteiger partial charge in [0, 0.05) is 6.20 Å². The lowest BCUT2D eigenvalue weighted by atomic mass is 10.4. The molecular formula is C10H13N5O4. The summed E-state index contributed by atoms with van der Waals surface area (Å²) >= 11 is 0. The van der Waals surface area contributed by atoms with Crippen molar-refractivity contribution >= 4 is 17.9 Å². The third-order valence-corrected chi connectivity index (χ3v) is 2.01. The van der Waals surface area contributed by atoms with Gasteiger partial charge in [-0.05, 0) is 12.1 Å². The maximum Gasteiger partial charge on any atom is 0.323 e. The van der Waals surface area contributed by atoms with Crippen LogP contribution in [0.5, 0.6) is 0 Å². The molecule has 102 valence electrons. The van der Waals surface area contributed by atoms with Gasteiger partial charge in [-0.3, -0.25) is 9.59 Å². The molecule has 1 rings (SSSR count). The second-order valence-corrected chi connectivity index (χ2v) is 3.59. The molecule has 1 aromatic heterocycles. The Labute approximate surface area is 108 Å². The average Bonchev–Trinajstić information content (AvgIpc) is 2.35. The molecule has 0 saturated heterocycles. The molecule has 0 saturated carbocycles.